The minimum absolute atomic E-state index is 0.0906. The number of hydrogen-bond acceptors (Lipinski definition) is 6. The maximum Gasteiger partial charge on any atom is 0.240 e. The molecular formula is C17H16N4O3S2. The molecule has 2 aromatic heterocycles. The molecule has 134 valence electrons. The number of thiazole rings is 1. The fourth-order valence-electron chi connectivity index (χ4n) is 2.18. The Morgan fingerprint density at radius 1 is 1.12 bits per heavy atom. The van der Waals surface area contributed by atoms with Crippen LogP contribution in [0.3, 0.4) is 0 Å². The van der Waals surface area contributed by atoms with Crippen LogP contribution in [0.4, 0.5) is 5.69 Å². The molecule has 2 N–H and O–H groups in total. The van der Waals surface area contributed by atoms with Gasteiger partial charge in [-0.1, -0.05) is 6.07 Å². The van der Waals surface area contributed by atoms with Crippen molar-refractivity contribution in [3.63, 3.8) is 0 Å². The van der Waals surface area contributed by atoms with Gasteiger partial charge in [-0.3, -0.25) is 9.78 Å². The van der Waals surface area contributed by atoms with Crippen LogP contribution in [0.5, 0.6) is 0 Å². The Morgan fingerprint density at radius 2 is 1.88 bits per heavy atom. The molecule has 3 aromatic rings. The Bertz CT molecular complexity index is 1000. The predicted octanol–water partition coefficient (Wildman–Crippen LogP) is 2.64. The average molecular weight is 388 g/mol. The Labute approximate surface area is 155 Å². The molecule has 0 aliphatic carbocycles. The zero-order chi connectivity index (χ0) is 18.6. The topological polar surface area (TPSA) is 101 Å². The van der Waals surface area contributed by atoms with E-state index in [1.165, 1.54) is 30.4 Å². The van der Waals surface area contributed by atoms with Gasteiger partial charge in [0.2, 0.25) is 15.9 Å². The molecule has 1 amide bonds. The highest BCUT2D eigenvalue weighted by Crippen LogP contribution is 2.20. The van der Waals surface area contributed by atoms with Crippen molar-refractivity contribution in [2.75, 3.05) is 5.32 Å². The molecule has 0 aliphatic heterocycles. The number of aromatic nitrogens is 2. The van der Waals surface area contributed by atoms with Gasteiger partial charge in [0.05, 0.1) is 22.8 Å². The van der Waals surface area contributed by atoms with E-state index in [2.05, 4.69) is 20.0 Å². The number of nitrogens with zero attached hydrogens (tertiary/aromatic N) is 2. The van der Waals surface area contributed by atoms with E-state index in [0.717, 1.165) is 5.69 Å². The van der Waals surface area contributed by atoms with E-state index in [4.69, 9.17) is 0 Å². The maximum absolute atomic E-state index is 12.4. The van der Waals surface area contributed by atoms with Gasteiger partial charge in [-0.25, -0.2) is 18.1 Å². The van der Waals surface area contributed by atoms with Crippen LogP contribution in [0.25, 0.3) is 11.4 Å². The molecule has 0 radical (unpaired) electrons. The zero-order valence-corrected chi connectivity index (χ0v) is 15.5. The first-order valence-electron chi connectivity index (χ1n) is 7.67. The minimum Gasteiger partial charge on any atom is -0.326 e. The summed E-state index contributed by atoms with van der Waals surface area (Å²) >= 11 is 1.36. The lowest BCUT2D eigenvalue weighted by atomic mass is 10.3. The largest absolute Gasteiger partial charge is 0.326 e. The van der Waals surface area contributed by atoms with Crippen molar-refractivity contribution in [3.05, 3.63) is 59.0 Å². The third-order valence-electron chi connectivity index (χ3n) is 3.38. The molecule has 0 aliphatic rings. The number of nitrogens with one attached hydrogen (secondary N) is 2. The lowest BCUT2D eigenvalue weighted by Crippen LogP contribution is -2.23. The van der Waals surface area contributed by atoms with Crippen LogP contribution in [0.1, 0.15) is 11.9 Å². The van der Waals surface area contributed by atoms with E-state index in [0.29, 0.717) is 16.4 Å². The van der Waals surface area contributed by atoms with Crippen LogP contribution in [-0.2, 0) is 21.4 Å². The Kier molecular flexibility index (Phi) is 5.40. The Balaban J connectivity index is 1.67. The fourth-order valence-corrected chi connectivity index (χ4v) is 3.99. The van der Waals surface area contributed by atoms with Crippen molar-refractivity contribution in [3.8, 4) is 11.4 Å². The normalized spacial score (nSPS) is 11.3. The monoisotopic (exact) mass is 388 g/mol. The molecule has 0 bridgehead atoms. The summed E-state index contributed by atoms with van der Waals surface area (Å²) in [5.74, 6) is -0.216. The second kappa shape index (κ2) is 7.73. The summed E-state index contributed by atoms with van der Waals surface area (Å²) in [6.07, 6.45) is 1.68. The molecule has 1 aromatic carbocycles. The first-order chi connectivity index (χ1) is 12.4. The minimum atomic E-state index is -3.67. The number of carbonyl (C=O) groups excluding carboxylic acids is 1. The molecule has 0 fully saturated rings. The summed E-state index contributed by atoms with van der Waals surface area (Å²) in [6.45, 7) is 1.48. The molecule has 0 spiro atoms. The third-order valence-corrected chi connectivity index (χ3v) is 5.64. The summed E-state index contributed by atoms with van der Waals surface area (Å²) < 4.78 is 27.3. The highest BCUT2D eigenvalue weighted by atomic mass is 32.2. The van der Waals surface area contributed by atoms with Gasteiger partial charge >= 0.3 is 0 Å². The number of anilines is 1. The molecule has 2 heterocycles. The van der Waals surface area contributed by atoms with Crippen LogP contribution >= 0.6 is 11.3 Å². The van der Waals surface area contributed by atoms with Crippen molar-refractivity contribution in [1.29, 1.82) is 0 Å². The van der Waals surface area contributed by atoms with Crippen molar-refractivity contribution < 1.29 is 13.2 Å². The summed E-state index contributed by atoms with van der Waals surface area (Å²) in [5, 5.41) is 5.08. The lowest BCUT2D eigenvalue weighted by Gasteiger charge is -2.07. The van der Waals surface area contributed by atoms with Crippen molar-refractivity contribution >= 4 is 33.0 Å². The highest BCUT2D eigenvalue weighted by molar-refractivity contribution is 7.89. The van der Waals surface area contributed by atoms with Gasteiger partial charge in [-0.05, 0) is 36.4 Å². The van der Waals surface area contributed by atoms with Gasteiger partial charge in [0.1, 0.15) is 5.01 Å². The van der Waals surface area contributed by atoms with Gasteiger partial charge in [0.25, 0.3) is 0 Å². The molecule has 26 heavy (non-hydrogen) atoms. The van der Waals surface area contributed by atoms with E-state index >= 15 is 0 Å². The number of sulfonamides is 1. The summed E-state index contributed by atoms with van der Waals surface area (Å²) in [5.41, 5.74) is 1.99. The van der Waals surface area contributed by atoms with Crippen LogP contribution in [0.2, 0.25) is 0 Å². The quantitative estimate of drug-likeness (QED) is 0.676. The summed E-state index contributed by atoms with van der Waals surface area (Å²) in [7, 11) is -3.67. The Hall–Kier alpha value is -2.62. The fraction of sp³-hybridized carbons (Fsp3) is 0.118. The molecule has 9 heteroatoms. The molecule has 0 saturated carbocycles. The number of carbonyl (C=O) groups is 1. The summed E-state index contributed by atoms with van der Waals surface area (Å²) in [6, 6.07) is 11.5. The van der Waals surface area contributed by atoms with Crippen LogP contribution in [0.15, 0.2) is 58.9 Å². The number of hydrogen-bond donors (Lipinski definition) is 2. The molecule has 0 atom stereocenters. The van der Waals surface area contributed by atoms with Gasteiger partial charge in [0.15, 0.2) is 0 Å². The van der Waals surface area contributed by atoms with Gasteiger partial charge < -0.3 is 5.32 Å². The SMILES string of the molecule is CC(=O)Nc1ccc(S(=O)(=O)NCc2nc(-c3ccccn3)cs2)cc1. The maximum atomic E-state index is 12.4. The van der Waals surface area contributed by atoms with Gasteiger partial charge in [0, 0.05) is 24.2 Å². The van der Waals surface area contributed by atoms with Crippen LogP contribution in [0, 0.1) is 0 Å². The molecule has 7 nitrogen and oxygen atoms in total. The average Bonchev–Trinajstić information content (AvgIpc) is 3.10. The standard InChI is InChI=1S/C17H16N4O3S2/c1-12(22)20-13-5-7-14(8-6-13)26(23,24)19-10-17-21-16(11-25-17)15-4-2-3-9-18-15/h2-9,11,19H,10H2,1H3,(H,20,22). The summed E-state index contributed by atoms with van der Waals surface area (Å²) in [4.78, 5) is 19.8. The van der Waals surface area contributed by atoms with E-state index in [1.54, 1.807) is 18.3 Å². The second-order valence-electron chi connectivity index (χ2n) is 5.37. The first-order valence-corrected chi connectivity index (χ1v) is 10.0. The van der Waals surface area contributed by atoms with Crippen LogP contribution < -0.4 is 10.0 Å². The number of amides is 1. The molecular weight excluding hydrogens is 372 g/mol. The highest BCUT2D eigenvalue weighted by Gasteiger charge is 2.15. The lowest BCUT2D eigenvalue weighted by molar-refractivity contribution is -0.114. The first kappa shape index (κ1) is 18.2. The van der Waals surface area contributed by atoms with E-state index in [-0.39, 0.29) is 17.3 Å². The number of benzene rings is 1. The zero-order valence-electron chi connectivity index (χ0n) is 13.8. The van der Waals surface area contributed by atoms with E-state index in [1.807, 2.05) is 23.6 Å². The van der Waals surface area contributed by atoms with Crippen LogP contribution in [-0.4, -0.2) is 24.3 Å². The number of rotatable bonds is 6. The predicted molar refractivity (Wildman–Crippen MR) is 100 cm³/mol. The number of pyridine rings is 1. The van der Waals surface area contributed by atoms with Crippen molar-refractivity contribution in [1.82, 2.24) is 14.7 Å². The second-order valence-corrected chi connectivity index (χ2v) is 8.08. The van der Waals surface area contributed by atoms with Crippen molar-refractivity contribution in [2.24, 2.45) is 0 Å². The molecule has 0 saturated heterocycles. The van der Waals surface area contributed by atoms with Gasteiger partial charge in [-0.15, -0.1) is 11.3 Å². The molecule has 0 unspecified atom stereocenters. The van der Waals surface area contributed by atoms with E-state index in [9.17, 15) is 13.2 Å². The van der Waals surface area contributed by atoms with Crippen molar-refractivity contribution in [2.45, 2.75) is 18.4 Å². The molecule has 3 rings (SSSR count). The third kappa shape index (κ3) is 4.51. The van der Waals surface area contributed by atoms with Gasteiger partial charge in [-0.2, -0.15) is 0 Å². The smallest absolute Gasteiger partial charge is 0.240 e. The van der Waals surface area contributed by atoms with E-state index < -0.39 is 10.0 Å². The Morgan fingerprint density at radius 3 is 2.54 bits per heavy atom.